The molecule has 0 bridgehead atoms. The summed E-state index contributed by atoms with van der Waals surface area (Å²) >= 11 is 0. The number of hydrogen-bond acceptors (Lipinski definition) is 4. The lowest BCUT2D eigenvalue weighted by Gasteiger charge is -2.03. The van der Waals surface area contributed by atoms with Crippen molar-refractivity contribution in [3.05, 3.63) is 40.6 Å². The maximum absolute atomic E-state index is 11.9. The Morgan fingerprint density at radius 1 is 1.40 bits per heavy atom. The van der Waals surface area contributed by atoms with Crippen molar-refractivity contribution in [3.8, 4) is 0 Å². The van der Waals surface area contributed by atoms with E-state index >= 15 is 0 Å². The third-order valence-corrected chi connectivity index (χ3v) is 2.86. The van der Waals surface area contributed by atoms with Gasteiger partial charge >= 0.3 is 5.97 Å². The van der Waals surface area contributed by atoms with E-state index in [-0.39, 0.29) is 18.0 Å². The van der Waals surface area contributed by atoms with Crippen molar-refractivity contribution in [3.63, 3.8) is 0 Å². The van der Waals surface area contributed by atoms with Crippen LogP contribution in [0.15, 0.2) is 16.5 Å². The van der Waals surface area contributed by atoms with Crippen LogP contribution in [0.1, 0.15) is 38.1 Å². The number of carboxylic acid groups (broad SMARTS) is 1. The van der Waals surface area contributed by atoms with Gasteiger partial charge in [-0.05, 0) is 26.0 Å². The smallest absolute Gasteiger partial charge is 0.339 e. The number of rotatable bonds is 4. The van der Waals surface area contributed by atoms with Gasteiger partial charge in [0, 0.05) is 7.05 Å². The van der Waals surface area contributed by atoms with Crippen molar-refractivity contribution in [2.45, 2.75) is 20.4 Å². The normalized spacial score (nSPS) is 10.6. The predicted octanol–water partition coefficient (Wildman–Crippen LogP) is 1.26. The summed E-state index contributed by atoms with van der Waals surface area (Å²) in [4.78, 5) is 22.8. The Hall–Kier alpha value is -2.57. The van der Waals surface area contributed by atoms with E-state index in [1.54, 1.807) is 27.0 Å². The van der Waals surface area contributed by atoms with E-state index in [2.05, 4.69) is 10.4 Å². The first-order chi connectivity index (χ1) is 9.38. The summed E-state index contributed by atoms with van der Waals surface area (Å²) in [6.07, 6.45) is 0. The van der Waals surface area contributed by atoms with Crippen LogP contribution in [0.2, 0.25) is 0 Å². The highest BCUT2D eigenvalue weighted by Crippen LogP contribution is 2.14. The molecule has 0 aliphatic carbocycles. The summed E-state index contributed by atoms with van der Waals surface area (Å²) in [7, 11) is 1.68. The molecule has 0 spiro atoms. The molecular formula is C13H15N3O4. The fourth-order valence-electron chi connectivity index (χ4n) is 1.92. The second-order valence-corrected chi connectivity index (χ2v) is 4.46. The van der Waals surface area contributed by atoms with Gasteiger partial charge < -0.3 is 14.8 Å². The molecule has 0 aliphatic rings. The van der Waals surface area contributed by atoms with Crippen LogP contribution >= 0.6 is 0 Å². The summed E-state index contributed by atoms with van der Waals surface area (Å²) in [5.74, 6) is -0.629. The summed E-state index contributed by atoms with van der Waals surface area (Å²) in [6, 6.07) is 3.08. The van der Waals surface area contributed by atoms with Gasteiger partial charge in [0.1, 0.15) is 22.8 Å². The minimum absolute atomic E-state index is 0.102. The van der Waals surface area contributed by atoms with Crippen molar-refractivity contribution >= 4 is 11.9 Å². The third-order valence-electron chi connectivity index (χ3n) is 2.86. The molecule has 7 nitrogen and oxygen atoms in total. The van der Waals surface area contributed by atoms with Crippen molar-refractivity contribution in [1.82, 2.24) is 15.1 Å². The summed E-state index contributed by atoms with van der Waals surface area (Å²) in [6.45, 7) is 3.49. The highest BCUT2D eigenvalue weighted by atomic mass is 16.4. The number of aromatic carboxylic acids is 1. The van der Waals surface area contributed by atoms with E-state index < -0.39 is 5.97 Å². The van der Waals surface area contributed by atoms with Crippen LogP contribution in [-0.2, 0) is 13.6 Å². The quantitative estimate of drug-likeness (QED) is 0.876. The molecule has 2 aromatic rings. The number of nitrogens with zero attached hydrogens (tertiary/aromatic N) is 2. The molecule has 0 unspecified atom stereocenters. The van der Waals surface area contributed by atoms with Crippen LogP contribution in [0, 0.1) is 13.8 Å². The number of nitrogens with one attached hydrogen (secondary N) is 1. The Bertz CT molecular complexity index is 669. The molecule has 2 rings (SSSR count). The van der Waals surface area contributed by atoms with Crippen LogP contribution in [0.3, 0.4) is 0 Å². The maximum atomic E-state index is 11.9. The van der Waals surface area contributed by atoms with E-state index in [0.717, 1.165) is 5.69 Å². The number of carbonyl (C=O) groups excluding carboxylic acids is 1. The van der Waals surface area contributed by atoms with Crippen molar-refractivity contribution in [1.29, 1.82) is 0 Å². The molecule has 0 saturated heterocycles. The first-order valence-corrected chi connectivity index (χ1v) is 6.00. The molecule has 0 atom stereocenters. The van der Waals surface area contributed by atoms with E-state index in [4.69, 9.17) is 9.52 Å². The average molecular weight is 277 g/mol. The number of aryl methyl sites for hydroxylation is 3. The Balaban J connectivity index is 2.05. The topological polar surface area (TPSA) is 97.4 Å². The van der Waals surface area contributed by atoms with Gasteiger partial charge in [0.15, 0.2) is 0 Å². The second kappa shape index (κ2) is 5.20. The molecule has 106 valence electrons. The van der Waals surface area contributed by atoms with Gasteiger partial charge in [0.25, 0.3) is 5.91 Å². The Morgan fingerprint density at radius 2 is 2.10 bits per heavy atom. The highest BCUT2D eigenvalue weighted by molar-refractivity contribution is 5.92. The fraction of sp³-hybridized carbons (Fsp3) is 0.308. The third kappa shape index (κ3) is 2.71. The van der Waals surface area contributed by atoms with Gasteiger partial charge in [0.2, 0.25) is 0 Å². The molecular weight excluding hydrogens is 262 g/mol. The van der Waals surface area contributed by atoms with Gasteiger partial charge in [-0.25, -0.2) is 4.79 Å². The zero-order chi connectivity index (χ0) is 14.9. The molecule has 0 aromatic carbocycles. The van der Waals surface area contributed by atoms with Crippen LogP contribution in [0.4, 0.5) is 0 Å². The van der Waals surface area contributed by atoms with Crippen molar-refractivity contribution < 1.29 is 19.1 Å². The summed E-state index contributed by atoms with van der Waals surface area (Å²) < 4.78 is 6.77. The number of carboxylic acids is 1. The molecule has 20 heavy (non-hydrogen) atoms. The van der Waals surface area contributed by atoms with Gasteiger partial charge in [-0.15, -0.1) is 0 Å². The number of aromatic nitrogens is 2. The molecule has 0 saturated carbocycles. The zero-order valence-electron chi connectivity index (χ0n) is 11.4. The lowest BCUT2D eigenvalue weighted by Crippen LogP contribution is -2.24. The molecule has 2 N–H and O–H groups in total. The van der Waals surface area contributed by atoms with E-state index in [1.807, 2.05) is 0 Å². The van der Waals surface area contributed by atoms with Gasteiger partial charge in [-0.2, -0.15) is 5.10 Å². The Morgan fingerprint density at radius 3 is 2.60 bits per heavy atom. The zero-order valence-corrected chi connectivity index (χ0v) is 11.4. The van der Waals surface area contributed by atoms with E-state index in [9.17, 15) is 9.59 Å². The molecule has 2 aromatic heterocycles. The molecule has 7 heteroatoms. The van der Waals surface area contributed by atoms with Crippen LogP contribution in [-0.4, -0.2) is 26.8 Å². The largest absolute Gasteiger partial charge is 0.478 e. The Labute approximate surface area is 115 Å². The van der Waals surface area contributed by atoms with Gasteiger partial charge in [0.05, 0.1) is 12.2 Å². The minimum atomic E-state index is -1.05. The van der Waals surface area contributed by atoms with E-state index in [1.165, 1.54) is 10.7 Å². The van der Waals surface area contributed by atoms with E-state index in [0.29, 0.717) is 17.2 Å². The molecule has 2 heterocycles. The first-order valence-electron chi connectivity index (χ1n) is 6.00. The second-order valence-electron chi connectivity index (χ2n) is 4.46. The standard InChI is InChI=1S/C13H15N3O4/c1-7-4-11(16(3)15-7)12(17)14-6-9-5-10(13(18)19)8(2)20-9/h4-5H,6H2,1-3H3,(H,14,17)(H,18,19). The molecule has 1 amide bonds. The molecule has 0 aliphatic heterocycles. The monoisotopic (exact) mass is 277 g/mol. The van der Waals surface area contributed by atoms with Gasteiger partial charge in [-0.3, -0.25) is 9.48 Å². The average Bonchev–Trinajstić information content (AvgIpc) is 2.89. The van der Waals surface area contributed by atoms with Crippen molar-refractivity contribution in [2.75, 3.05) is 0 Å². The molecule has 0 radical (unpaired) electrons. The fourth-order valence-corrected chi connectivity index (χ4v) is 1.92. The van der Waals surface area contributed by atoms with Crippen LogP contribution in [0.5, 0.6) is 0 Å². The van der Waals surface area contributed by atoms with Crippen LogP contribution < -0.4 is 5.32 Å². The number of hydrogen-bond donors (Lipinski definition) is 2. The number of carbonyl (C=O) groups is 2. The maximum Gasteiger partial charge on any atom is 0.339 e. The lowest BCUT2D eigenvalue weighted by molar-refractivity contribution is 0.0694. The van der Waals surface area contributed by atoms with Crippen LogP contribution in [0.25, 0.3) is 0 Å². The molecule has 0 fully saturated rings. The number of furan rings is 1. The SMILES string of the molecule is Cc1cc(C(=O)NCc2cc(C(=O)O)c(C)o2)n(C)n1. The minimum Gasteiger partial charge on any atom is -0.478 e. The predicted molar refractivity (Wildman–Crippen MR) is 69.5 cm³/mol. The summed E-state index contributed by atoms with van der Waals surface area (Å²) in [5.41, 5.74) is 1.29. The lowest BCUT2D eigenvalue weighted by atomic mass is 10.2. The number of amides is 1. The van der Waals surface area contributed by atoms with Gasteiger partial charge in [-0.1, -0.05) is 0 Å². The highest BCUT2D eigenvalue weighted by Gasteiger charge is 2.15. The van der Waals surface area contributed by atoms with Crippen molar-refractivity contribution in [2.24, 2.45) is 7.05 Å². The Kier molecular flexibility index (Phi) is 3.60. The first kappa shape index (κ1) is 13.9. The summed E-state index contributed by atoms with van der Waals surface area (Å²) in [5, 5.41) is 15.7.